The first kappa shape index (κ1) is 25.0. The van der Waals surface area contributed by atoms with E-state index in [2.05, 4.69) is 20.9 Å². The van der Waals surface area contributed by atoms with Crippen molar-refractivity contribution in [3.8, 4) is 11.5 Å². The van der Waals surface area contributed by atoms with Crippen LogP contribution in [0.4, 0.5) is 4.79 Å². The van der Waals surface area contributed by atoms with Crippen LogP contribution in [0.5, 0.6) is 11.5 Å². The summed E-state index contributed by atoms with van der Waals surface area (Å²) in [7, 11) is 1.64. The molecule has 0 aromatic heterocycles. The van der Waals surface area contributed by atoms with Gasteiger partial charge in [0.2, 0.25) is 5.91 Å². The molecule has 172 valence electrons. The van der Waals surface area contributed by atoms with E-state index < -0.39 is 0 Å². The normalized spacial score (nSPS) is 16.7. The fourth-order valence-electron chi connectivity index (χ4n) is 3.56. The molecule has 2 aliphatic rings. The predicted octanol–water partition coefficient (Wildman–Crippen LogP) is 2.24. The van der Waals surface area contributed by atoms with Crippen LogP contribution >= 0.6 is 24.0 Å². The van der Waals surface area contributed by atoms with Crippen LogP contribution in [0.25, 0.3) is 0 Å². The van der Waals surface area contributed by atoms with Crippen LogP contribution in [-0.4, -0.2) is 62.2 Å². The molecule has 31 heavy (non-hydrogen) atoms. The summed E-state index contributed by atoms with van der Waals surface area (Å²) in [6.45, 7) is 3.88. The number of urea groups is 1. The number of aliphatic imine (C=N–C) groups is 1. The Hall–Kier alpha value is -2.24. The molecule has 1 heterocycles. The minimum Gasteiger partial charge on any atom is -0.497 e. The predicted molar refractivity (Wildman–Crippen MR) is 129 cm³/mol. The Labute approximate surface area is 200 Å². The molecule has 1 aliphatic carbocycles. The smallest absolute Gasteiger partial charge is 0.324 e. The lowest BCUT2D eigenvalue weighted by molar-refractivity contribution is -0.124. The summed E-state index contributed by atoms with van der Waals surface area (Å²) in [5.74, 6) is 1.97. The molecular weight excluding hydrogens is 513 g/mol. The maximum Gasteiger partial charge on any atom is 0.324 e. The van der Waals surface area contributed by atoms with Gasteiger partial charge in [0.05, 0.1) is 26.3 Å². The fourth-order valence-corrected chi connectivity index (χ4v) is 3.56. The van der Waals surface area contributed by atoms with Crippen LogP contribution in [0.15, 0.2) is 23.2 Å². The van der Waals surface area contributed by atoms with Gasteiger partial charge in [-0.15, -0.1) is 24.0 Å². The number of guanidine groups is 1. The van der Waals surface area contributed by atoms with E-state index in [4.69, 9.17) is 9.47 Å². The third-order valence-corrected chi connectivity index (χ3v) is 5.19. The number of imide groups is 1. The van der Waals surface area contributed by atoms with Crippen molar-refractivity contribution < 1.29 is 19.1 Å². The number of carbonyl (C=O) groups excluding carboxylic acids is 2. The number of methoxy groups -OCH3 is 1. The molecule has 10 heteroatoms. The van der Waals surface area contributed by atoms with Gasteiger partial charge in [-0.05, 0) is 44.7 Å². The molecule has 1 aromatic rings. The van der Waals surface area contributed by atoms with E-state index in [-0.39, 0.29) is 55.1 Å². The number of ether oxygens (including phenoxy) is 2. The highest BCUT2D eigenvalue weighted by Gasteiger charge is 2.27. The minimum absolute atomic E-state index is 0. The van der Waals surface area contributed by atoms with E-state index >= 15 is 0 Å². The summed E-state index contributed by atoms with van der Waals surface area (Å²) in [6, 6.07) is 5.45. The first-order valence-electron chi connectivity index (χ1n) is 10.5. The molecule has 3 N–H and O–H groups in total. The molecule has 9 nitrogen and oxygen atoms in total. The highest BCUT2D eigenvalue weighted by Crippen LogP contribution is 2.30. The molecule has 1 aromatic carbocycles. The van der Waals surface area contributed by atoms with Gasteiger partial charge in [-0.1, -0.05) is 0 Å². The van der Waals surface area contributed by atoms with E-state index in [1.54, 1.807) is 7.11 Å². The summed E-state index contributed by atoms with van der Waals surface area (Å²) in [5, 5.41) is 8.87. The quantitative estimate of drug-likeness (QED) is 0.190. The zero-order valence-electron chi connectivity index (χ0n) is 18.1. The van der Waals surface area contributed by atoms with Crippen molar-refractivity contribution in [3.05, 3.63) is 23.8 Å². The molecule has 1 saturated heterocycles. The average Bonchev–Trinajstić information content (AvgIpc) is 3.37. The average molecular weight is 545 g/mol. The van der Waals surface area contributed by atoms with E-state index in [0.717, 1.165) is 29.9 Å². The van der Waals surface area contributed by atoms with Crippen molar-refractivity contribution in [3.63, 3.8) is 0 Å². The van der Waals surface area contributed by atoms with Gasteiger partial charge >= 0.3 is 6.03 Å². The number of hydrogen-bond acceptors (Lipinski definition) is 5. The van der Waals surface area contributed by atoms with E-state index in [1.807, 2.05) is 25.1 Å². The second-order valence-corrected chi connectivity index (χ2v) is 7.32. The maximum atomic E-state index is 11.7. The summed E-state index contributed by atoms with van der Waals surface area (Å²) < 4.78 is 11.6. The second-order valence-electron chi connectivity index (χ2n) is 7.32. The molecular formula is C21H32IN5O4. The molecule has 2 fully saturated rings. The van der Waals surface area contributed by atoms with Gasteiger partial charge in [0.25, 0.3) is 0 Å². The number of nitrogens with zero attached hydrogens (tertiary/aromatic N) is 2. The first-order chi connectivity index (χ1) is 14.6. The Morgan fingerprint density at radius 1 is 1.26 bits per heavy atom. The van der Waals surface area contributed by atoms with Crippen molar-refractivity contribution in [2.45, 2.75) is 45.3 Å². The molecule has 1 aliphatic heterocycles. The molecule has 0 radical (unpaired) electrons. The Balaban J connectivity index is 0.00000341. The second kappa shape index (κ2) is 12.6. The third-order valence-electron chi connectivity index (χ3n) is 5.19. The lowest BCUT2D eigenvalue weighted by Gasteiger charge is -2.18. The lowest BCUT2D eigenvalue weighted by atomic mass is 10.2. The van der Waals surface area contributed by atoms with Crippen LogP contribution in [0, 0.1) is 0 Å². The SMILES string of the molecule is CCNC(=NCc1ccc(OC)cc1OC1CCCC1)NCCN1C(=O)CNC1=O.I. The first-order valence-corrected chi connectivity index (χ1v) is 10.5. The van der Waals surface area contributed by atoms with Crippen molar-refractivity contribution in [2.24, 2.45) is 4.99 Å². The van der Waals surface area contributed by atoms with Gasteiger partial charge in [0.1, 0.15) is 11.5 Å². The van der Waals surface area contributed by atoms with E-state index in [9.17, 15) is 9.59 Å². The summed E-state index contributed by atoms with van der Waals surface area (Å²) in [5.41, 5.74) is 0.981. The summed E-state index contributed by atoms with van der Waals surface area (Å²) >= 11 is 0. The molecule has 3 amide bonds. The molecule has 0 bridgehead atoms. The highest BCUT2D eigenvalue weighted by atomic mass is 127. The highest BCUT2D eigenvalue weighted by molar-refractivity contribution is 14.0. The molecule has 1 saturated carbocycles. The number of halogens is 1. The largest absolute Gasteiger partial charge is 0.497 e. The summed E-state index contributed by atoms with van der Waals surface area (Å²) in [6.07, 6.45) is 4.80. The van der Waals surface area contributed by atoms with Crippen molar-refractivity contribution >= 4 is 41.9 Å². The van der Waals surface area contributed by atoms with Gasteiger partial charge in [-0.25, -0.2) is 9.79 Å². The number of rotatable bonds is 9. The van der Waals surface area contributed by atoms with Crippen LogP contribution in [0.3, 0.4) is 0 Å². The zero-order valence-corrected chi connectivity index (χ0v) is 20.4. The minimum atomic E-state index is -0.351. The van der Waals surface area contributed by atoms with E-state index in [0.29, 0.717) is 25.6 Å². The fraction of sp³-hybridized carbons (Fsp3) is 0.571. The number of benzene rings is 1. The van der Waals surface area contributed by atoms with Gasteiger partial charge in [-0.2, -0.15) is 0 Å². The monoisotopic (exact) mass is 545 g/mol. The van der Waals surface area contributed by atoms with Crippen molar-refractivity contribution in [1.29, 1.82) is 0 Å². The Bertz CT molecular complexity index is 767. The van der Waals surface area contributed by atoms with Crippen molar-refractivity contribution in [1.82, 2.24) is 20.9 Å². The Morgan fingerprint density at radius 2 is 2.03 bits per heavy atom. The zero-order chi connectivity index (χ0) is 21.3. The number of amides is 3. The Kier molecular flexibility index (Phi) is 10.2. The number of hydrogen-bond donors (Lipinski definition) is 3. The van der Waals surface area contributed by atoms with Gasteiger partial charge in [0, 0.05) is 31.3 Å². The van der Waals surface area contributed by atoms with Crippen LogP contribution in [-0.2, 0) is 11.3 Å². The standard InChI is InChI=1S/C21H31N5O4.HI/c1-3-22-20(23-10-11-26-19(27)14-25-21(26)28)24-13-15-8-9-17(29-2)12-18(15)30-16-6-4-5-7-16;/h8-9,12,16H,3-7,10-11,13-14H2,1-2H3,(H,25,28)(H2,22,23,24);1H. The van der Waals surface area contributed by atoms with Crippen LogP contribution < -0.4 is 25.4 Å². The lowest BCUT2D eigenvalue weighted by Crippen LogP contribution is -2.43. The summed E-state index contributed by atoms with van der Waals surface area (Å²) in [4.78, 5) is 29.1. The number of carbonyl (C=O) groups is 2. The topological polar surface area (TPSA) is 104 Å². The van der Waals surface area contributed by atoms with E-state index in [1.165, 1.54) is 17.7 Å². The van der Waals surface area contributed by atoms with Crippen molar-refractivity contribution in [2.75, 3.05) is 33.3 Å². The van der Waals surface area contributed by atoms with Gasteiger partial charge in [0.15, 0.2) is 5.96 Å². The van der Waals surface area contributed by atoms with Crippen LogP contribution in [0.1, 0.15) is 38.2 Å². The van der Waals surface area contributed by atoms with Gasteiger partial charge in [-0.3, -0.25) is 9.69 Å². The van der Waals surface area contributed by atoms with Crippen LogP contribution in [0.2, 0.25) is 0 Å². The molecule has 0 unspecified atom stereocenters. The molecule has 0 spiro atoms. The third kappa shape index (κ3) is 7.15. The Morgan fingerprint density at radius 3 is 2.68 bits per heavy atom. The molecule has 3 rings (SSSR count). The van der Waals surface area contributed by atoms with Gasteiger partial charge < -0.3 is 25.4 Å². The maximum absolute atomic E-state index is 11.7. The molecule has 0 atom stereocenters. The number of nitrogens with one attached hydrogen (secondary N) is 3.